The summed E-state index contributed by atoms with van der Waals surface area (Å²) in [6, 6.07) is 13.2. The van der Waals surface area contributed by atoms with Crippen LogP contribution in [0.5, 0.6) is 0 Å². The molecule has 4 rings (SSSR count). The number of furan rings is 1. The molecule has 0 saturated heterocycles. The zero-order chi connectivity index (χ0) is 20.2. The monoisotopic (exact) mass is 408 g/mol. The van der Waals surface area contributed by atoms with E-state index in [1.54, 1.807) is 18.4 Å². The van der Waals surface area contributed by atoms with Crippen LogP contribution in [0.3, 0.4) is 0 Å². The molecule has 2 aromatic heterocycles. The fraction of sp³-hybridized carbons (Fsp3) is 0.318. The third-order valence-electron chi connectivity index (χ3n) is 5.45. The van der Waals surface area contributed by atoms with Gasteiger partial charge in [0.2, 0.25) is 0 Å². The number of benzene rings is 1. The summed E-state index contributed by atoms with van der Waals surface area (Å²) >= 11 is 5.38. The van der Waals surface area contributed by atoms with Crippen molar-refractivity contribution in [3.8, 4) is 11.5 Å². The Morgan fingerprint density at radius 1 is 1.14 bits per heavy atom. The Morgan fingerprint density at radius 3 is 2.76 bits per heavy atom. The van der Waals surface area contributed by atoms with Gasteiger partial charge in [0.25, 0.3) is 5.91 Å². The van der Waals surface area contributed by atoms with Crippen LogP contribution in [0.4, 0.5) is 0 Å². The molecule has 0 radical (unpaired) electrons. The maximum atomic E-state index is 12.9. The second-order valence-electron chi connectivity index (χ2n) is 7.47. The van der Waals surface area contributed by atoms with Crippen molar-refractivity contribution >= 4 is 34.1 Å². The molecule has 3 aromatic rings. The number of nitrogens with zero attached hydrogens (tertiary/aromatic N) is 1. The van der Waals surface area contributed by atoms with Crippen LogP contribution < -0.4 is 16.2 Å². The second kappa shape index (κ2) is 8.61. The van der Waals surface area contributed by atoms with E-state index in [0.717, 1.165) is 17.3 Å². The van der Waals surface area contributed by atoms with E-state index in [1.807, 2.05) is 30.3 Å². The molecule has 1 amide bonds. The standard InChI is InChI=1S/C22H24N4O2S/c1-14-7-2-4-9-17(14)24-22(29)26-25-21(27)16-13-19(20-11-6-12-28-20)23-18-10-5-3-8-15(16)18/h3,5-6,8,10-14,17H,2,4,7,9H2,1H3,(H,25,27)(H2,24,26,29)/t14-,17-/m1/s1. The van der Waals surface area contributed by atoms with Gasteiger partial charge in [0, 0.05) is 11.4 Å². The molecule has 2 atom stereocenters. The number of amides is 1. The normalized spacial score (nSPS) is 18.9. The van der Waals surface area contributed by atoms with E-state index in [4.69, 9.17) is 16.6 Å². The Balaban J connectivity index is 1.50. The van der Waals surface area contributed by atoms with Gasteiger partial charge < -0.3 is 9.73 Å². The summed E-state index contributed by atoms with van der Waals surface area (Å²) in [6.45, 7) is 2.23. The zero-order valence-corrected chi connectivity index (χ0v) is 17.1. The SMILES string of the molecule is C[C@@H]1CCCC[C@H]1NC(=S)NNC(=O)c1cc(-c2ccco2)nc2ccccc12. The van der Waals surface area contributed by atoms with Crippen molar-refractivity contribution in [2.45, 2.75) is 38.6 Å². The van der Waals surface area contributed by atoms with Gasteiger partial charge in [-0.05, 0) is 55.2 Å². The lowest BCUT2D eigenvalue weighted by molar-refractivity contribution is 0.0945. The van der Waals surface area contributed by atoms with Crippen molar-refractivity contribution in [3.05, 3.63) is 54.3 Å². The molecule has 7 heteroatoms. The van der Waals surface area contributed by atoms with Crippen LogP contribution in [0.25, 0.3) is 22.4 Å². The highest BCUT2D eigenvalue weighted by Gasteiger charge is 2.22. The number of pyridine rings is 1. The third kappa shape index (κ3) is 4.40. The van der Waals surface area contributed by atoms with Gasteiger partial charge in [-0.2, -0.15) is 0 Å². The summed E-state index contributed by atoms with van der Waals surface area (Å²) in [4.78, 5) is 17.5. The van der Waals surface area contributed by atoms with Crippen LogP contribution in [0.2, 0.25) is 0 Å². The van der Waals surface area contributed by atoms with Crippen molar-refractivity contribution in [1.82, 2.24) is 21.2 Å². The number of hydrazine groups is 1. The lowest BCUT2D eigenvalue weighted by atomic mass is 9.86. The van der Waals surface area contributed by atoms with E-state index in [9.17, 15) is 4.79 Å². The minimum absolute atomic E-state index is 0.280. The van der Waals surface area contributed by atoms with Crippen LogP contribution in [0, 0.1) is 5.92 Å². The number of hydrogen-bond donors (Lipinski definition) is 3. The summed E-state index contributed by atoms with van der Waals surface area (Å²) in [6.07, 6.45) is 6.35. The molecule has 0 bridgehead atoms. The van der Waals surface area contributed by atoms with E-state index in [-0.39, 0.29) is 5.91 Å². The van der Waals surface area contributed by atoms with Crippen LogP contribution in [-0.2, 0) is 0 Å². The van der Waals surface area contributed by atoms with Gasteiger partial charge in [-0.1, -0.05) is 38.0 Å². The molecule has 1 aliphatic rings. The Morgan fingerprint density at radius 2 is 1.97 bits per heavy atom. The maximum absolute atomic E-state index is 12.9. The largest absolute Gasteiger partial charge is 0.463 e. The molecule has 29 heavy (non-hydrogen) atoms. The molecule has 1 aliphatic carbocycles. The van der Waals surface area contributed by atoms with E-state index in [1.165, 1.54) is 19.3 Å². The predicted molar refractivity (Wildman–Crippen MR) is 117 cm³/mol. The van der Waals surface area contributed by atoms with Gasteiger partial charge >= 0.3 is 0 Å². The minimum Gasteiger partial charge on any atom is -0.463 e. The summed E-state index contributed by atoms with van der Waals surface area (Å²) < 4.78 is 5.46. The molecule has 1 aromatic carbocycles. The van der Waals surface area contributed by atoms with Crippen molar-refractivity contribution < 1.29 is 9.21 Å². The molecular weight excluding hydrogens is 384 g/mol. The van der Waals surface area contributed by atoms with Crippen molar-refractivity contribution in [1.29, 1.82) is 0 Å². The number of nitrogens with one attached hydrogen (secondary N) is 3. The number of hydrogen-bond acceptors (Lipinski definition) is 4. The summed E-state index contributed by atoms with van der Waals surface area (Å²) in [7, 11) is 0. The Labute approximate surface area is 175 Å². The topological polar surface area (TPSA) is 79.2 Å². The lowest BCUT2D eigenvalue weighted by Gasteiger charge is -2.30. The lowest BCUT2D eigenvalue weighted by Crippen LogP contribution is -2.51. The second-order valence-corrected chi connectivity index (χ2v) is 7.88. The zero-order valence-electron chi connectivity index (χ0n) is 16.3. The first-order valence-electron chi connectivity index (χ1n) is 9.92. The highest BCUT2D eigenvalue weighted by atomic mass is 32.1. The summed E-state index contributed by atoms with van der Waals surface area (Å²) in [5, 5.41) is 4.52. The number of fused-ring (bicyclic) bond motifs is 1. The van der Waals surface area contributed by atoms with Crippen LogP contribution >= 0.6 is 12.2 Å². The van der Waals surface area contributed by atoms with Gasteiger partial charge in [0.1, 0.15) is 5.69 Å². The summed E-state index contributed by atoms with van der Waals surface area (Å²) in [5.74, 6) is 0.901. The highest BCUT2D eigenvalue weighted by molar-refractivity contribution is 7.80. The first-order chi connectivity index (χ1) is 14.1. The molecule has 0 unspecified atom stereocenters. The molecule has 1 saturated carbocycles. The Hall–Kier alpha value is -2.93. The van der Waals surface area contributed by atoms with Gasteiger partial charge in [0.05, 0.1) is 17.3 Å². The Kier molecular flexibility index (Phi) is 5.76. The van der Waals surface area contributed by atoms with Gasteiger partial charge in [-0.25, -0.2) is 4.98 Å². The average Bonchev–Trinajstić information content (AvgIpc) is 3.28. The van der Waals surface area contributed by atoms with Crippen LogP contribution in [0.1, 0.15) is 43.0 Å². The highest BCUT2D eigenvalue weighted by Crippen LogP contribution is 2.25. The van der Waals surface area contributed by atoms with Crippen LogP contribution in [0.15, 0.2) is 53.1 Å². The molecule has 150 valence electrons. The molecule has 3 N–H and O–H groups in total. The number of aromatic nitrogens is 1. The van der Waals surface area contributed by atoms with E-state index >= 15 is 0 Å². The van der Waals surface area contributed by atoms with Gasteiger partial charge in [0.15, 0.2) is 10.9 Å². The molecular formula is C22H24N4O2S. The predicted octanol–water partition coefficient (Wildman–Crippen LogP) is 4.18. The first-order valence-corrected chi connectivity index (χ1v) is 10.3. The quantitative estimate of drug-likeness (QED) is 0.446. The van der Waals surface area contributed by atoms with E-state index in [0.29, 0.717) is 34.1 Å². The maximum Gasteiger partial charge on any atom is 0.270 e. The number of thiocarbonyl (C=S) groups is 1. The van der Waals surface area contributed by atoms with Crippen molar-refractivity contribution in [2.75, 3.05) is 0 Å². The van der Waals surface area contributed by atoms with Gasteiger partial charge in [-0.15, -0.1) is 0 Å². The molecule has 6 nitrogen and oxygen atoms in total. The minimum atomic E-state index is -0.280. The molecule has 1 fully saturated rings. The number of carbonyl (C=O) groups is 1. The molecule has 0 aliphatic heterocycles. The van der Waals surface area contributed by atoms with Crippen molar-refractivity contribution in [3.63, 3.8) is 0 Å². The fourth-order valence-electron chi connectivity index (χ4n) is 3.83. The smallest absolute Gasteiger partial charge is 0.270 e. The van der Waals surface area contributed by atoms with E-state index in [2.05, 4.69) is 28.1 Å². The van der Waals surface area contributed by atoms with Crippen LogP contribution in [-0.4, -0.2) is 22.0 Å². The van der Waals surface area contributed by atoms with E-state index < -0.39 is 0 Å². The number of carbonyl (C=O) groups excluding carboxylic acids is 1. The Bertz CT molecular complexity index is 1020. The molecule has 2 heterocycles. The average molecular weight is 409 g/mol. The fourth-order valence-corrected chi connectivity index (χ4v) is 4.03. The number of rotatable bonds is 3. The van der Waals surface area contributed by atoms with Gasteiger partial charge in [-0.3, -0.25) is 15.6 Å². The number of para-hydroxylation sites is 1. The summed E-state index contributed by atoms with van der Waals surface area (Å²) in [5.41, 5.74) is 7.40. The first kappa shape index (κ1) is 19.4. The third-order valence-corrected chi connectivity index (χ3v) is 5.67. The molecule has 0 spiro atoms. The van der Waals surface area contributed by atoms with Crippen molar-refractivity contribution in [2.24, 2.45) is 5.92 Å².